The minimum absolute atomic E-state index is 0.129. The molecule has 1 heterocycles. The molecule has 6 heteroatoms. The molecule has 0 radical (unpaired) electrons. The molecule has 0 spiro atoms. The molecule has 0 aliphatic carbocycles. The number of carbonyl (C=O) groups is 1. The molecule has 1 saturated heterocycles. The predicted molar refractivity (Wildman–Crippen MR) is 102 cm³/mol. The average molecular weight is 360 g/mol. The van der Waals surface area contributed by atoms with Gasteiger partial charge in [0, 0.05) is 37.9 Å². The molecule has 3 rings (SSSR count). The van der Waals surface area contributed by atoms with E-state index in [9.17, 15) is 4.79 Å². The van der Waals surface area contributed by atoms with Crippen molar-refractivity contribution in [1.29, 1.82) is 0 Å². The van der Waals surface area contributed by atoms with Crippen LogP contribution in [0, 0.1) is 6.92 Å². The smallest absolute Gasteiger partial charge is 0.322 e. The lowest BCUT2D eigenvalue weighted by atomic mass is 10.2. The highest BCUT2D eigenvalue weighted by atomic mass is 35.5. The van der Waals surface area contributed by atoms with Crippen LogP contribution in [0.3, 0.4) is 0 Å². The van der Waals surface area contributed by atoms with E-state index < -0.39 is 0 Å². The fraction of sp³-hybridized carbons (Fsp3) is 0.316. The van der Waals surface area contributed by atoms with Crippen LogP contribution >= 0.6 is 11.6 Å². The second-order valence-corrected chi connectivity index (χ2v) is 6.50. The summed E-state index contributed by atoms with van der Waals surface area (Å²) in [7, 11) is 1.58. The molecule has 132 valence electrons. The fourth-order valence-electron chi connectivity index (χ4n) is 2.91. The highest BCUT2D eigenvalue weighted by molar-refractivity contribution is 6.33. The number of halogens is 1. The van der Waals surface area contributed by atoms with E-state index in [0.717, 1.165) is 13.1 Å². The van der Waals surface area contributed by atoms with Crippen LogP contribution in [0.5, 0.6) is 5.75 Å². The number of urea groups is 1. The van der Waals surface area contributed by atoms with E-state index in [1.807, 2.05) is 4.90 Å². The number of anilines is 2. The van der Waals surface area contributed by atoms with Gasteiger partial charge in [0.2, 0.25) is 0 Å². The number of nitrogens with zero attached hydrogens (tertiary/aromatic N) is 2. The zero-order valence-corrected chi connectivity index (χ0v) is 15.2. The van der Waals surface area contributed by atoms with Crippen molar-refractivity contribution in [3.05, 3.63) is 53.1 Å². The van der Waals surface area contributed by atoms with Crippen molar-refractivity contribution < 1.29 is 9.53 Å². The Bertz CT molecular complexity index is 758. The standard InChI is InChI=1S/C19H22ClN3O2/c1-14-4-3-5-15(12-14)22-8-10-23(11-9-22)19(24)21-18-7-6-16(25-2)13-17(18)20/h3-7,12-13H,8-11H2,1-2H3,(H,21,24). The summed E-state index contributed by atoms with van der Waals surface area (Å²) in [6, 6.07) is 13.5. The van der Waals surface area contributed by atoms with Crippen molar-refractivity contribution in [2.45, 2.75) is 6.92 Å². The summed E-state index contributed by atoms with van der Waals surface area (Å²) in [6.07, 6.45) is 0. The quantitative estimate of drug-likeness (QED) is 0.900. The van der Waals surface area contributed by atoms with E-state index in [4.69, 9.17) is 16.3 Å². The summed E-state index contributed by atoms with van der Waals surface area (Å²) in [4.78, 5) is 16.6. The molecule has 25 heavy (non-hydrogen) atoms. The highest BCUT2D eigenvalue weighted by Crippen LogP contribution is 2.27. The number of aryl methyl sites for hydroxylation is 1. The van der Waals surface area contributed by atoms with Gasteiger partial charge in [-0.05, 0) is 36.8 Å². The number of nitrogens with one attached hydrogen (secondary N) is 1. The summed E-state index contributed by atoms with van der Waals surface area (Å²) in [6.45, 7) is 5.06. The first-order valence-corrected chi connectivity index (χ1v) is 8.65. The molecule has 1 aliphatic rings. The molecule has 1 aliphatic heterocycles. The molecule has 0 bridgehead atoms. The van der Waals surface area contributed by atoms with E-state index in [-0.39, 0.29) is 6.03 Å². The molecule has 2 amide bonds. The Morgan fingerprint density at radius 2 is 1.88 bits per heavy atom. The van der Waals surface area contributed by atoms with Gasteiger partial charge in [-0.3, -0.25) is 0 Å². The summed E-state index contributed by atoms with van der Waals surface area (Å²) >= 11 is 6.19. The van der Waals surface area contributed by atoms with Crippen LogP contribution in [-0.2, 0) is 0 Å². The maximum absolute atomic E-state index is 12.5. The van der Waals surface area contributed by atoms with Gasteiger partial charge >= 0.3 is 6.03 Å². The van der Waals surface area contributed by atoms with Crippen molar-refractivity contribution in [2.75, 3.05) is 43.5 Å². The summed E-state index contributed by atoms with van der Waals surface area (Å²) in [5.41, 5.74) is 3.04. The molecule has 1 fully saturated rings. The zero-order chi connectivity index (χ0) is 17.8. The lowest BCUT2D eigenvalue weighted by molar-refractivity contribution is 0.208. The van der Waals surface area contributed by atoms with Gasteiger partial charge in [-0.15, -0.1) is 0 Å². The van der Waals surface area contributed by atoms with Gasteiger partial charge in [0.15, 0.2) is 0 Å². The Labute approximate surface area is 153 Å². The topological polar surface area (TPSA) is 44.8 Å². The summed E-state index contributed by atoms with van der Waals surface area (Å²) in [5.74, 6) is 0.662. The number of rotatable bonds is 3. The first-order chi connectivity index (χ1) is 12.1. The maximum atomic E-state index is 12.5. The van der Waals surface area contributed by atoms with Crippen LogP contribution < -0.4 is 15.0 Å². The van der Waals surface area contributed by atoms with Crippen molar-refractivity contribution in [3.8, 4) is 5.75 Å². The molecular formula is C19H22ClN3O2. The number of piperazine rings is 1. The van der Waals surface area contributed by atoms with Crippen LogP contribution in [0.15, 0.2) is 42.5 Å². The normalized spacial score (nSPS) is 14.4. The molecule has 0 aromatic heterocycles. The highest BCUT2D eigenvalue weighted by Gasteiger charge is 2.22. The van der Waals surface area contributed by atoms with Crippen LogP contribution in [0.2, 0.25) is 5.02 Å². The third kappa shape index (κ3) is 4.17. The minimum atomic E-state index is -0.129. The number of methoxy groups -OCH3 is 1. The largest absolute Gasteiger partial charge is 0.497 e. The Kier molecular flexibility index (Phi) is 5.34. The second-order valence-electron chi connectivity index (χ2n) is 6.09. The fourth-order valence-corrected chi connectivity index (χ4v) is 3.13. The van der Waals surface area contributed by atoms with Gasteiger partial charge in [-0.25, -0.2) is 4.79 Å². The monoisotopic (exact) mass is 359 g/mol. The number of ether oxygens (including phenoxy) is 1. The first-order valence-electron chi connectivity index (χ1n) is 8.28. The number of amides is 2. The van der Waals surface area contributed by atoms with Gasteiger partial charge in [0.05, 0.1) is 17.8 Å². The van der Waals surface area contributed by atoms with Crippen LogP contribution in [0.1, 0.15) is 5.56 Å². The lowest BCUT2D eigenvalue weighted by Crippen LogP contribution is -2.50. The first kappa shape index (κ1) is 17.4. The number of benzene rings is 2. The molecule has 5 nitrogen and oxygen atoms in total. The Morgan fingerprint density at radius 3 is 2.52 bits per heavy atom. The Balaban J connectivity index is 1.58. The van der Waals surface area contributed by atoms with Gasteiger partial charge in [-0.1, -0.05) is 23.7 Å². The summed E-state index contributed by atoms with van der Waals surface area (Å²) < 4.78 is 5.12. The molecule has 2 aromatic rings. The van der Waals surface area contributed by atoms with Gasteiger partial charge in [-0.2, -0.15) is 0 Å². The average Bonchev–Trinajstić information content (AvgIpc) is 2.63. The Hall–Kier alpha value is -2.40. The van der Waals surface area contributed by atoms with Crippen molar-refractivity contribution in [3.63, 3.8) is 0 Å². The number of carbonyl (C=O) groups excluding carboxylic acids is 1. The van der Waals surface area contributed by atoms with Gasteiger partial charge in [0.25, 0.3) is 0 Å². The zero-order valence-electron chi connectivity index (χ0n) is 14.5. The van der Waals surface area contributed by atoms with E-state index >= 15 is 0 Å². The van der Waals surface area contributed by atoms with Crippen LogP contribution in [0.4, 0.5) is 16.2 Å². The maximum Gasteiger partial charge on any atom is 0.322 e. The van der Waals surface area contributed by atoms with Crippen molar-refractivity contribution in [1.82, 2.24) is 4.90 Å². The van der Waals surface area contributed by atoms with E-state index in [2.05, 4.69) is 41.4 Å². The van der Waals surface area contributed by atoms with Crippen LogP contribution in [-0.4, -0.2) is 44.2 Å². The Morgan fingerprint density at radius 1 is 1.12 bits per heavy atom. The van der Waals surface area contributed by atoms with Gasteiger partial charge in [0.1, 0.15) is 5.75 Å². The molecule has 1 N–H and O–H groups in total. The van der Waals surface area contributed by atoms with E-state index in [1.54, 1.807) is 25.3 Å². The van der Waals surface area contributed by atoms with E-state index in [1.165, 1.54) is 11.3 Å². The third-order valence-electron chi connectivity index (χ3n) is 4.35. The minimum Gasteiger partial charge on any atom is -0.497 e. The molecule has 0 unspecified atom stereocenters. The summed E-state index contributed by atoms with van der Waals surface area (Å²) in [5, 5.41) is 3.34. The molecule has 2 aromatic carbocycles. The SMILES string of the molecule is COc1ccc(NC(=O)N2CCN(c3cccc(C)c3)CC2)c(Cl)c1. The number of hydrogen-bond donors (Lipinski definition) is 1. The van der Waals surface area contributed by atoms with Crippen molar-refractivity contribution in [2.24, 2.45) is 0 Å². The third-order valence-corrected chi connectivity index (χ3v) is 4.66. The number of hydrogen-bond acceptors (Lipinski definition) is 3. The van der Waals surface area contributed by atoms with Crippen molar-refractivity contribution >= 4 is 29.0 Å². The van der Waals surface area contributed by atoms with Gasteiger partial charge < -0.3 is 19.9 Å². The lowest BCUT2D eigenvalue weighted by Gasteiger charge is -2.36. The molecular weight excluding hydrogens is 338 g/mol. The molecule has 0 atom stereocenters. The predicted octanol–water partition coefficient (Wildman–Crippen LogP) is 4.01. The second kappa shape index (κ2) is 7.66. The van der Waals surface area contributed by atoms with Crippen LogP contribution in [0.25, 0.3) is 0 Å². The molecule has 0 saturated carbocycles. The van der Waals surface area contributed by atoms with E-state index in [0.29, 0.717) is 29.5 Å².